The highest BCUT2D eigenvalue weighted by atomic mass is 16.7. The highest BCUT2D eigenvalue weighted by molar-refractivity contribution is 5.93. The van der Waals surface area contributed by atoms with Crippen molar-refractivity contribution in [3.05, 3.63) is 23.8 Å². The van der Waals surface area contributed by atoms with Crippen molar-refractivity contribution in [3.63, 3.8) is 0 Å². The lowest BCUT2D eigenvalue weighted by atomic mass is 9.99. The van der Waals surface area contributed by atoms with Gasteiger partial charge in [-0.2, -0.15) is 0 Å². The van der Waals surface area contributed by atoms with E-state index in [-0.39, 0.29) is 17.9 Å². The van der Waals surface area contributed by atoms with Crippen molar-refractivity contribution >= 4 is 5.97 Å². The Hall–Kier alpha value is -2.07. The van der Waals surface area contributed by atoms with Gasteiger partial charge in [-0.15, -0.1) is 0 Å². The van der Waals surface area contributed by atoms with Gasteiger partial charge in [0.2, 0.25) is 6.29 Å². The molecule has 0 bridgehead atoms. The number of methoxy groups -OCH3 is 2. The molecule has 2 aliphatic heterocycles. The summed E-state index contributed by atoms with van der Waals surface area (Å²) in [6, 6.07) is 4.22. The molecule has 0 radical (unpaired) electrons. The smallest absolute Gasteiger partial charge is 0.341 e. The third-order valence-electron chi connectivity index (χ3n) is 5.38. The van der Waals surface area contributed by atoms with Gasteiger partial charge in [-0.05, 0) is 18.2 Å². The fraction of sp³-hybridized carbons (Fsp3) is 0.650. The molecule has 3 rings (SSSR count). The largest absolute Gasteiger partial charge is 0.497 e. The number of rotatable bonds is 7. The Kier molecular flexibility index (Phi) is 8.44. The molecule has 9 atom stereocenters. The Balaban J connectivity index is 1.71. The van der Waals surface area contributed by atoms with Crippen molar-refractivity contribution in [2.75, 3.05) is 27.4 Å². The van der Waals surface area contributed by atoms with E-state index in [2.05, 4.69) is 0 Å². The van der Waals surface area contributed by atoms with Crippen LogP contribution in [0.15, 0.2) is 18.2 Å². The molecule has 9 unspecified atom stereocenters. The van der Waals surface area contributed by atoms with Crippen molar-refractivity contribution in [2.45, 2.75) is 55.3 Å². The molecule has 33 heavy (non-hydrogen) atoms. The van der Waals surface area contributed by atoms with Crippen molar-refractivity contribution in [1.82, 2.24) is 0 Å². The van der Waals surface area contributed by atoms with Crippen molar-refractivity contribution in [3.8, 4) is 11.5 Å². The topological polar surface area (TPSA) is 194 Å². The van der Waals surface area contributed by atoms with Crippen molar-refractivity contribution in [1.29, 1.82) is 0 Å². The van der Waals surface area contributed by atoms with Crippen LogP contribution in [0.5, 0.6) is 11.5 Å². The van der Waals surface area contributed by atoms with Gasteiger partial charge in [0.1, 0.15) is 59.8 Å². The second kappa shape index (κ2) is 10.9. The first-order valence-electron chi connectivity index (χ1n) is 10.1. The maximum Gasteiger partial charge on any atom is 0.341 e. The lowest BCUT2D eigenvalue weighted by Crippen LogP contribution is -2.61. The molecule has 2 fully saturated rings. The van der Waals surface area contributed by atoms with Gasteiger partial charge in [0.05, 0.1) is 27.4 Å². The Morgan fingerprint density at radius 3 is 2.33 bits per heavy atom. The number of carbonyl (C=O) groups excluding carboxylic acids is 1. The fourth-order valence-electron chi connectivity index (χ4n) is 3.40. The van der Waals surface area contributed by atoms with E-state index < -0.39 is 67.9 Å². The molecule has 1 aromatic rings. The van der Waals surface area contributed by atoms with E-state index in [0.29, 0.717) is 5.75 Å². The monoisotopic (exact) mass is 476 g/mol. The number of benzene rings is 1. The molecule has 186 valence electrons. The zero-order valence-corrected chi connectivity index (χ0v) is 17.9. The molecule has 2 heterocycles. The fourth-order valence-corrected chi connectivity index (χ4v) is 3.40. The summed E-state index contributed by atoms with van der Waals surface area (Å²) in [6.07, 6.45) is -13.5. The first-order valence-corrected chi connectivity index (χ1v) is 10.1. The highest BCUT2D eigenvalue weighted by Crippen LogP contribution is 2.30. The zero-order valence-electron chi connectivity index (χ0n) is 17.9. The van der Waals surface area contributed by atoms with Crippen LogP contribution in [0.25, 0.3) is 0 Å². The average molecular weight is 476 g/mol. The molecule has 13 heteroatoms. The molecule has 2 saturated heterocycles. The SMILES string of the molecule is COC(=O)c1cc(OC)ccc1OC1OC(COC2OCC(O)C(O)C2O)C(O)C(O)C1O. The van der Waals surface area contributed by atoms with Gasteiger partial charge >= 0.3 is 5.97 Å². The van der Waals surface area contributed by atoms with E-state index in [1.165, 1.54) is 32.4 Å². The molecular weight excluding hydrogens is 448 g/mol. The number of hydrogen-bond donors (Lipinski definition) is 6. The number of esters is 1. The molecule has 6 N–H and O–H groups in total. The maximum absolute atomic E-state index is 12.1. The normalized spacial score (nSPS) is 36.8. The summed E-state index contributed by atoms with van der Waals surface area (Å²) in [5.74, 6) is -0.454. The van der Waals surface area contributed by atoms with Crippen LogP contribution in [-0.4, -0.2) is 119 Å². The first-order chi connectivity index (χ1) is 15.7. The van der Waals surface area contributed by atoms with Gasteiger partial charge in [-0.25, -0.2) is 4.79 Å². The Labute approximate surface area is 188 Å². The van der Waals surface area contributed by atoms with E-state index >= 15 is 0 Å². The molecule has 2 aliphatic rings. The minimum absolute atomic E-state index is 0.0349. The molecule has 13 nitrogen and oxygen atoms in total. The molecule has 0 aliphatic carbocycles. The van der Waals surface area contributed by atoms with Crippen LogP contribution in [-0.2, 0) is 18.9 Å². The number of aliphatic hydroxyl groups is 6. The van der Waals surface area contributed by atoms with E-state index in [4.69, 9.17) is 28.4 Å². The first kappa shape index (κ1) is 25.6. The number of hydrogen-bond acceptors (Lipinski definition) is 13. The molecule has 1 aromatic carbocycles. The summed E-state index contributed by atoms with van der Waals surface area (Å²) in [5, 5.41) is 60.1. The minimum atomic E-state index is -1.71. The quantitative estimate of drug-likeness (QED) is 0.220. The summed E-state index contributed by atoms with van der Waals surface area (Å²) >= 11 is 0. The molecular formula is C20H28O13. The summed E-state index contributed by atoms with van der Waals surface area (Å²) in [7, 11) is 2.57. The van der Waals surface area contributed by atoms with Crippen LogP contribution >= 0.6 is 0 Å². The predicted octanol–water partition coefficient (Wildman–Crippen LogP) is -2.88. The van der Waals surface area contributed by atoms with Gasteiger partial charge in [0, 0.05) is 0 Å². The summed E-state index contributed by atoms with van der Waals surface area (Å²) in [4.78, 5) is 12.1. The van der Waals surface area contributed by atoms with Gasteiger partial charge < -0.3 is 59.1 Å². The second-order valence-corrected chi connectivity index (χ2v) is 7.57. The van der Waals surface area contributed by atoms with E-state index in [1.807, 2.05) is 0 Å². The molecule has 0 saturated carbocycles. The third kappa shape index (κ3) is 5.54. The van der Waals surface area contributed by atoms with E-state index in [0.717, 1.165) is 0 Å². The van der Waals surface area contributed by atoms with Crippen LogP contribution in [0.4, 0.5) is 0 Å². The highest BCUT2D eigenvalue weighted by Gasteiger charge is 2.46. The van der Waals surface area contributed by atoms with E-state index in [1.54, 1.807) is 0 Å². The maximum atomic E-state index is 12.1. The number of ether oxygens (including phenoxy) is 6. The van der Waals surface area contributed by atoms with Crippen LogP contribution in [0.3, 0.4) is 0 Å². The van der Waals surface area contributed by atoms with Crippen LogP contribution in [0.1, 0.15) is 10.4 Å². The standard InChI is InChI=1S/C20H28O13/c1-28-8-3-4-11(9(5-8)18(27)29-2)32-20-17(26)15(24)14(23)12(33-20)7-31-19-16(25)13(22)10(21)6-30-19/h3-5,10,12-17,19-26H,6-7H2,1-2H3. The summed E-state index contributed by atoms with van der Waals surface area (Å²) in [6.45, 7) is -0.736. The lowest BCUT2D eigenvalue weighted by molar-refractivity contribution is -0.307. The second-order valence-electron chi connectivity index (χ2n) is 7.57. The Morgan fingerprint density at radius 1 is 0.970 bits per heavy atom. The zero-order chi connectivity index (χ0) is 24.3. The van der Waals surface area contributed by atoms with Crippen LogP contribution in [0.2, 0.25) is 0 Å². The van der Waals surface area contributed by atoms with E-state index in [9.17, 15) is 35.4 Å². The third-order valence-corrected chi connectivity index (χ3v) is 5.38. The van der Waals surface area contributed by atoms with Gasteiger partial charge in [0.25, 0.3) is 0 Å². The number of carbonyl (C=O) groups is 1. The molecule has 0 spiro atoms. The predicted molar refractivity (Wildman–Crippen MR) is 105 cm³/mol. The Morgan fingerprint density at radius 2 is 1.67 bits per heavy atom. The van der Waals surface area contributed by atoms with Crippen molar-refractivity contribution < 1.29 is 63.9 Å². The summed E-state index contributed by atoms with van der Waals surface area (Å²) < 4.78 is 31.4. The molecule has 0 aromatic heterocycles. The lowest BCUT2D eigenvalue weighted by Gasteiger charge is -2.41. The van der Waals surface area contributed by atoms with Gasteiger partial charge in [0.15, 0.2) is 6.29 Å². The van der Waals surface area contributed by atoms with Gasteiger partial charge in [-0.3, -0.25) is 0 Å². The van der Waals surface area contributed by atoms with Gasteiger partial charge in [-0.1, -0.05) is 0 Å². The molecule has 0 amide bonds. The summed E-state index contributed by atoms with van der Waals surface area (Å²) in [5.41, 5.74) is -0.0349. The van der Waals surface area contributed by atoms with Crippen LogP contribution < -0.4 is 9.47 Å². The Bertz CT molecular complexity index is 804. The van der Waals surface area contributed by atoms with Crippen molar-refractivity contribution in [2.24, 2.45) is 0 Å². The van der Waals surface area contributed by atoms with Crippen LogP contribution in [0, 0.1) is 0 Å². The average Bonchev–Trinajstić information content (AvgIpc) is 2.82. The number of aliphatic hydroxyl groups excluding tert-OH is 6. The minimum Gasteiger partial charge on any atom is -0.497 e.